The van der Waals surface area contributed by atoms with Crippen LogP contribution in [0.1, 0.15) is 0 Å². The van der Waals surface area contributed by atoms with E-state index in [1.165, 1.54) is 10.8 Å². The van der Waals surface area contributed by atoms with Crippen molar-refractivity contribution in [3.8, 4) is 0 Å². The second-order valence-corrected chi connectivity index (χ2v) is 3.08. The molecule has 13 heavy (non-hydrogen) atoms. The fourth-order valence-corrected chi connectivity index (χ4v) is 1.66. The van der Waals surface area contributed by atoms with Gasteiger partial charge in [0.1, 0.15) is 0 Å². The highest BCUT2D eigenvalue weighted by molar-refractivity contribution is 6.03. The van der Waals surface area contributed by atoms with E-state index < -0.39 is 0 Å². The molecule has 2 aromatic heterocycles. The van der Waals surface area contributed by atoms with Crippen molar-refractivity contribution in [1.82, 2.24) is 9.97 Å². The van der Waals surface area contributed by atoms with Crippen molar-refractivity contribution >= 4 is 21.8 Å². The molecule has 0 fully saturated rings. The number of hydrogen-bond acceptors (Lipinski definition) is 1. The molecule has 2 heteroatoms. The predicted octanol–water partition coefficient (Wildman–Crippen LogP) is 2.72. The van der Waals surface area contributed by atoms with Gasteiger partial charge in [-0.3, -0.25) is 4.98 Å². The van der Waals surface area contributed by atoms with Crippen LogP contribution in [0.2, 0.25) is 0 Å². The molecule has 1 N–H and O–H groups in total. The fourth-order valence-electron chi connectivity index (χ4n) is 1.66. The Morgan fingerprint density at radius 1 is 1.08 bits per heavy atom. The van der Waals surface area contributed by atoms with Crippen LogP contribution in [0.25, 0.3) is 21.8 Å². The summed E-state index contributed by atoms with van der Waals surface area (Å²) in [5.74, 6) is 0. The van der Waals surface area contributed by atoms with Gasteiger partial charge in [0.25, 0.3) is 0 Å². The minimum Gasteiger partial charge on any atom is -0.359 e. The molecule has 0 spiro atoms. The summed E-state index contributed by atoms with van der Waals surface area (Å²) in [6.07, 6.45) is 3.83. The van der Waals surface area contributed by atoms with Gasteiger partial charge in [0.05, 0.1) is 11.0 Å². The quantitative estimate of drug-likeness (QED) is 0.549. The van der Waals surface area contributed by atoms with E-state index in [0.717, 1.165) is 11.0 Å². The van der Waals surface area contributed by atoms with E-state index in [4.69, 9.17) is 0 Å². The Balaban J connectivity index is 2.65. The van der Waals surface area contributed by atoms with Crippen molar-refractivity contribution < 1.29 is 0 Å². The van der Waals surface area contributed by atoms with Gasteiger partial charge in [-0.2, -0.15) is 0 Å². The first kappa shape index (κ1) is 6.66. The molecule has 1 aromatic carbocycles. The van der Waals surface area contributed by atoms with Crippen LogP contribution in [0.5, 0.6) is 0 Å². The van der Waals surface area contributed by atoms with Crippen LogP contribution in [-0.4, -0.2) is 9.97 Å². The van der Waals surface area contributed by atoms with E-state index >= 15 is 0 Å². The molecular formula is C11H8N2. The van der Waals surface area contributed by atoms with Gasteiger partial charge in [-0.1, -0.05) is 24.3 Å². The first-order chi connectivity index (χ1) is 6.45. The minimum absolute atomic E-state index is 1.03. The zero-order valence-corrected chi connectivity index (χ0v) is 6.99. The zero-order valence-electron chi connectivity index (χ0n) is 6.99. The number of H-pyrrole nitrogens is 1. The second-order valence-electron chi connectivity index (χ2n) is 3.08. The van der Waals surface area contributed by atoms with E-state index in [-0.39, 0.29) is 0 Å². The van der Waals surface area contributed by atoms with Crippen LogP contribution in [0.4, 0.5) is 0 Å². The van der Waals surface area contributed by atoms with Crippen molar-refractivity contribution in [2.24, 2.45) is 0 Å². The number of aromatic amines is 1. The Morgan fingerprint density at radius 2 is 2.00 bits per heavy atom. The predicted molar refractivity (Wildman–Crippen MR) is 53.6 cm³/mol. The van der Waals surface area contributed by atoms with Crippen molar-refractivity contribution in [2.45, 2.75) is 0 Å². The van der Waals surface area contributed by atoms with Gasteiger partial charge in [-0.05, 0) is 6.07 Å². The van der Waals surface area contributed by atoms with Crippen molar-refractivity contribution in [1.29, 1.82) is 0 Å². The van der Waals surface area contributed by atoms with E-state index in [0.29, 0.717) is 0 Å². The highest BCUT2D eigenvalue weighted by atomic mass is 14.8. The lowest BCUT2D eigenvalue weighted by Gasteiger charge is -1.97. The summed E-state index contributed by atoms with van der Waals surface area (Å²) in [6, 6.07) is 10.2. The van der Waals surface area contributed by atoms with E-state index in [2.05, 4.69) is 22.1 Å². The molecule has 2 heterocycles. The number of benzene rings is 1. The number of aromatic nitrogens is 2. The standard InChI is InChI=1S/C11H8N2/c1-2-4-9-8(3-1)7-13-10-5-6-12-11(9)10/h1-7,12H. The average Bonchev–Trinajstić information content (AvgIpc) is 2.65. The smallest absolute Gasteiger partial charge is 0.0885 e. The van der Waals surface area contributed by atoms with E-state index in [1.807, 2.05) is 30.6 Å². The summed E-state index contributed by atoms with van der Waals surface area (Å²) in [5.41, 5.74) is 2.15. The molecule has 0 bridgehead atoms. The Hall–Kier alpha value is -1.83. The molecule has 0 saturated carbocycles. The molecule has 0 aliphatic rings. The van der Waals surface area contributed by atoms with Crippen LogP contribution in [0, 0.1) is 0 Å². The first-order valence-corrected chi connectivity index (χ1v) is 4.26. The van der Waals surface area contributed by atoms with Crippen LogP contribution >= 0.6 is 0 Å². The second kappa shape index (κ2) is 2.33. The third-order valence-corrected chi connectivity index (χ3v) is 2.30. The lowest BCUT2D eigenvalue weighted by Crippen LogP contribution is -1.77. The lowest BCUT2D eigenvalue weighted by molar-refractivity contribution is 1.44. The molecule has 0 aliphatic heterocycles. The Bertz CT molecular complexity index is 566. The van der Waals surface area contributed by atoms with Crippen LogP contribution < -0.4 is 0 Å². The summed E-state index contributed by atoms with van der Waals surface area (Å²) in [4.78, 5) is 7.54. The number of nitrogens with one attached hydrogen (secondary N) is 1. The van der Waals surface area contributed by atoms with Gasteiger partial charge in [0.15, 0.2) is 0 Å². The third kappa shape index (κ3) is 0.855. The maximum Gasteiger partial charge on any atom is 0.0885 e. The number of rotatable bonds is 0. The highest BCUT2D eigenvalue weighted by Gasteiger charge is 1.99. The Morgan fingerprint density at radius 3 is 3.00 bits per heavy atom. The maximum absolute atomic E-state index is 4.34. The Kier molecular flexibility index (Phi) is 1.19. The van der Waals surface area contributed by atoms with E-state index in [1.54, 1.807) is 0 Å². The number of fused-ring (bicyclic) bond motifs is 3. The summed E-state index contributed by atoms with van der Waals surface area (Å²) >= 11 is 0. The zero-order chi connectivity index (χ0) is 8.67. The van der Waals surface area contributed by atoms with Crippen LogP contribution in [0.3, 0.4) is 0 Å². The molecule has 0 atom stereocenters. The molecule has 0 radical (unpaired) electrons. The van der Waals surface area contributed by atoms with Gasteiger partial charge in [-0.15, -0.1) is 0 Å². The molecule has 62 valence electrons. The van der Waals surface area contributed by atoms with Gasteiger partial charge in [-0.25, -0.2) is 0 Å². The molecule has 0 aliphatic carbocycles. The molecule has 3 rings (SSSR count). The summed E-state index contributed by atoms with van der Waals surface area (Å²) in [7, 11) is 0. The molecule has 0 saturated heterocycles. The largest absolute Gasteiger partial charge is 0.359 e. The van der Waals surface area contributed by atoms with Gasteiger partial charge < -0.3 is 4.98 Å². The normalized spacial score (nSPS) is 11.1. The molecule has 3 aromatic rings. The Labute approximate surface area is 75.2 Å². The molecule has 0 amide bonds. The van der Waals surface area contributed by atoms with Crippen molar-refractivity contribution in [2.75, 3.05) is 0 Å². The SMILES string of the molecule is c1ccc2c(c1)cnc1cc[nH]c12. The maximum atomic E-state index is 4.34. The molecule has 2 nitrogen and oxygen atoms in total. The van der Waals surface area contributed by atoms with Gasteiger partial charge in [0.2, 0.25) is 0 Å². The summed E-state index contributed by atoms with van der Waals surface area (Å²) < 4.78 is 0. The summed E-state index contributed by atoms with van der Waals surface area (Å²) in [5, 5.41) is 2.41. The number of hydrogen-bond donors (Lipinski definition) is 1. The fraction of sp³-hybridized carbons (Fsp3) is 0. The number of pyridine rings is 1. The topological polar surface area (TPSA) is 28.7 Å². The number of nitrogens with zero attached hydrogens (tertiary/aromatic N) is 1. The van der Waals surface area contributed by atoms with Gasteiger partial charge in [0, 0.05) is 23.2 Å². The van der Waals surface area contributed by atoms with Crippen LogP contribution in [-0.2, 0) is 0 Å². The van der Waals surface area contributed by atoms with Gasteiger partial charge >= 0.3 is 0 Å². The highest BCUT2D eigenvalue weighted by Crippen LogP contribution is 2.21. The van der Waals surface area contributed by atoms with Crippen molar-refractivity contribution in [3.63, 3.8) is 0 Å². The molecule has 0 unspecified atom stereocenters. The monoisotopic (exact) mass is 168 g/mol. The lowest BCUT2D eigenvalue weighted by atomic mass is 10.1. The van der Waals surface area contributed by atoms with Crippen LogP contribution in [0.15, 0.2) is 42.7 Å². The third-order valence-electron chi connectivity index (χ3n) is 2.30. The minimum atomic E-state index is 1.03. The first-order valence-electron chi connectivity index (χ1n) is 4.26. The average molecular weight is 168 g/mol. The van der Waals surface area contributed by atoms with E-state index in [9.17, 15) is 0 Å². The summed E-state index contributed by atoms with van der Waals surface area (Å²) in [6.45, 7) is 0. The van der Waals surface area contributed by atoms with Crippen molar-refractivity contribution in [3.05, 3.63) is 42.7 Å². The molecular weight excluding hydrogens is 160 g/mol.